The number of ether oxygens (including phenoxy) is 1. The lowest BCUT2D eigenvalue weighted by atomic mass is 9.96. The molecular weight excluding hydrogens is 459 g/mol. The van der Waals surface area contributed by atoms with Crippen molar-refractivity contribution in [1.29, 1.82) is 0 Å². The first-order valence-electron chi connectivity index (χ1n) is 11.0. The van der Waals surface area contributed by atoms with Gasteiger partial charge >= 0.3 is 6.18 Å². The Labute approximate surface area is 200 Å². The number of halogens is 3. The van der Waals surface area contributed by atoms with Gasteiger partial charge in [-0.1, -0.05) is 31.2 Å². The summed E-state index contributed by atoms with van der Waals surface area (Å²) in [6.07, 6.45) is -2.93. The first-order valence-corrected chi connectivity index (χ1v) is 11.0. The highest BCUT2D eigenvalue weighted by Crippen LogP contribution is 2.40. The Balaban J connectivity index is 1.72. The van der Waals surface area contributed by atoms with Gasteiger partial charge in [-0.25, -0.2) is 9.97 Å². The molecule has 0 fully saturated rings. The van der Waals surface area contributed by atoms with Crippen molar-refractivity contribution in [2.24, 2.45) is 0 Å². The van der Waals surface area contributed by atoms with Gasteiger partial charge in [-0.3, -0.25) is 4.79 Å². The molecule has 1 unspecified atom stereocenters. The van der Waals surface area contributed by atoms with Gasteiger partial charge in [0, 0.05) is 25.1 Å². The summed E-state index contributed by atoms with van der Waals surface area (Å²) in [5, 5.41) is 11.0. The number of Topliss-reactive ketones (excluding diaryl/α,β-unsaturated/α-hetero) is 1. The molecule has 1 atom stereocenters. The van der Waals surface area contributed by atoms with Crippen molar-refractivity contribution in [3.63, 3.8) is 0 Å². The largest absolute Gasteiger partial charge is 0.497 e. The molecule has 4 aromatic rings. The van der Waals surface area contributed by atoms with Gasteiger partial charge in [0.1, 0.15) is 11.4 Å². The van der Waals surface area contributed by atoms with Crippen LogP contribution < -0.4 is 4.74 Å². The molecule has 1 N–H and O–H groups in total. The third-order valence-corrected chi connectivity index (χ3v) is 6.04. The van der Waals surface area contributed by atoms with Crippen molar-refractivity contribution in [3.05, 3.63) is 78.0 Å². The zero-order valence-electron chi connectivity index (χ0n) is 19.4. The number of hydrogen-bond acceptors (Lipinski definition) is 5. The Kier molecular flexibility index (Phi) is 6.38. The van der Waals surface area contributed by atoms with E-state index < -0.39 is 23.9 Å². The number of carbonyl (C=O) groups excluding carboxylic acids is 1. The van der Waals surface area contributed by atoms with E-state index in [4.69, 9.17) is 4.74 Å². The molecule has 2 aromatic carbocycles. The van der Waals surface area contributed by atoms with Gasteiger partial charge in [-0.05, 0) is 47.4 Å². The molecule has 182 valence electrons. The third-order valence-electron chi connectivity index (χ3n) is 6.04. The SMILES string of the molecule is CCC(O)(c1cn(Cc2ccc3c(-c4ccc(OC)cc4)cc(C(C)=O)nc3c2)cn1)C(F)(F)F. The maximum Gasteiger partial charge on any atom is 0.423 e. The van der Waals surface area contributed by atoms with Crippen LogP contribution in [0.4, 0.5) is 13.2 Å². The van der Waals surface area contributed by atoms with Gasteiger partial charge in [0.05, 0.1) is 24.6 Å². The van der Waals surface area contributed by atoms with Crippen molar-refractivity contribution in [3.8, 4) is 16.9 Å². The van der Waals surface area contributed by atoms with E-state index in [2.05, 4.69) is 9.97 Å². The minimum Gasteiger partial charge on any atom is -0.497 e. The number of imidazole rings is 1. The third kappa shape index (κ3) is 4.64. The second-order valence-corrected chi connectivity index (χ2v) is 8.33. The number of aliphatic hydroxyl groups is 1. The van der Waals surface area contributed by atoms with Crippen molar-refractivity contribution >= 4 is 16.7 Å². The number of methoxy groups -OCH3 is 1. The standard InChI is InChI=1S/C26H24F3N3O3/c1-4-25(34,26(27,28)29)24-14-32(15-30-24)13-17-5-10-20-21(18-6-8-19(35-3)9-7-18)12-22(16(2)33)31-23(20)11-17/h5-12,14-15,34H,4,13H2,1-3H3. The molecule has 0 bridgehead atoms. The second kappa shape index (κ2) is 9.14. The second-order valence-electron chi connectivity index (χ2n) is 8.33. The Morgan fingerprint density at radius 3 is 2.43 bits per heavy atom. The summed E-state index contributed by atoms with van der Waals surface area (Å²) in [5.74, 6) is 0.527. The van der Waals surface area contributed by atoms with E-state index >= 15 is 0 Å². The molecule has 0 radical (unpaired) electrons. The summed E-state index contributed by atoms with van der Waals surface area (Å²) in [5.41, 5.74) is -0.0942. The number of rotatable bonds is 7. The van der Waals surface area contributed by atoms with Crippen LogP contribution in [-0.4, -0.2) is 38.7 Å². The number of alkyl halides is 3. The number of ketones is 1. The van der Waals surface area contributed by atoms with Crippen LogP contribution in [0.2, 0.25) is 0 Å². The van der Waals surface area contributed by atoms with Crippen LogP contribution in [0.5, 0.6) is 5.75 Å². The Bertz CT molecular complexity index is 1380. The lowest BCUT2D eigenvalue weighted by Gasteiger charge is -2.27. The highest BCUT2D eigenvalue weighted by Gasteiger charge is 2.55. The quantitative estimate of drug-likeness (QED) is 0.351. The van der Waals surface area contributed by atoms with Gasteiger partial charge in [-0.15, -0.1) is 0 Å². The molecule has 9 heteroatoms. The van der Waals surface area contributed by atoms with Gasteiger partial charge in [0.15, 0.2) is 5.78 Å². The van der Waals surface area contributed by atoms with Gasteiger partial charge < -0.3 is 14.4 Å². The van der Waals surface area contributed by atoms with E-state index in [1.807, 2.05) is 36.4 Å². The van der Waals surface area contributed by atoms with Crippen molar-refractivity contribution < 1.29 is 27.8 Å². The molecule has 35 heavy (non-hydrogen) atoms. The van der Waals surface area contributed by atoms with Gasteiger partial charge in [0.25, 0.3) is 0 Å². The van der Waals surface area contributed by atoms with Crippen LogP contribution in [0.1, 0.15) is 42.0 Å². The first kappa shape index (κ1) is 24.4. The molecule has 0 aliphatic heterocycles. The molecule has 0 spiro atoms. The molecule has 0 saturated heterocycles. The van der Waals surface area contributed by atoms with Crippen LogP contribution in [0, 0.1) is 0 Å². The number of aromatic nitrogens is 3. The maximum absolute atomic E-state index is 13.4. The fourth-order valence-corrected chi connectivity index (χ4v) is 3.96. The number of fused-ring (bicyclic) bond motifs is 1. The average molecular weight is 483 g/mol. The summed E-state index contributed by atoms with van der Waals surface area (Å²) in [6, 6.07) is 14.7. The lowest BCUT2D eigenvalue weighted by molar-refractivity contribution is -0.269. The molecular formula is C26H24F3N3O3. The zero-order valence-corrected chi connectivity index (χ0v) is 19.4. The molecule has 6 nitrogen and oxygen atoms in total. The number of carbonyl (C=O) groups is 1. The van der Waals surface area contributed by atoms with Crippen LogP contribution in [-0.2, 0) is 12.1 Å². The Hall–Kier alpha value is -3.72. The Morgan fingerprint density at radius 1 is 1.11 bits per heavy atom. The zero-order chi connectivity index (χ0) is 25.4. The summed E-state index contributed by atoms with van der Waals surface area (Å²) < 4.78 is 46.8. The monoisotopic (exact) mass is 483 g/mol. The first-order chi connectivity index (χ1) is 16.6. The molecule has 0 aliphatic carbocycles. The lowest BCUT2D eigenvalue weighted by Crippen LogP contribution is -2.42. The topological polar surface area (TPSA) is 77.2 Å². The van der Waals surface area contributed by atoms with E-state index in [0.29, 0.717) is 17.0 Å². The molecule has 2 heterocycles. The maximum atomic E-state index is 13.4. The van der Waals surface area contributed by atoms with Crippen LogP contribution >= 0.6 is 0 Å². The van der Waals surface area contributed by atoms with Crippen molar-refractivity contribution in [1.82, 2.24) is 14.5 Å². The fraction of sp³-hybridized carbons (Fsp3) is 0.269. The molecule has 0 amide bonds. The normalized spacial score (nSPS) is 13.6. The fourth-order valence-electron chi connectivity index (χ4n) is 3.96. The predicted octanol–water partition coefficient (Wildman–Crippen LogP) is 5.52. The number of benzene rings is 2. The summed E-state index contributed by atoms with van der Waals surface area (Å²) in [4.78, 5) is 20.5. The van der Waals surface area contributed by atoms with Crippen LogP contribution in [0.3, 0.4) is 0 Å². The van der Waals surface area contributed by atoms with Crippen molar-refractivity contribution in [2.75, 3.05) is 7.11 Å². The molecule has 4 rings (SSSR count). The molecule has 0 saturated carbocycles. The summed E-state index contributed by atoms with van der Waals surface area (Å²) >= 11 is 0. The summed E-state index contributed by atoms with van der Waals surface area (Å²) in [6.45, 7) is 2.91. The minimum absolute atomic E-state index is 0.183. The van der Waals surface area contributed by atoms with E-state index in [9.17, 15) is 23.1 Å². The van der Waals surface area contributed by atoms with Crippen LogP contribution in [0.25, 0.3) is 22.0 Å². The minimum atomic E-state index is -4.84. The number of pyridine rings is 1. The predicted molar refractivity (Wildman–Crippen MR) is 125 cm³/mol. The molecule has 2 aromatic heterocycles. The molecule has 0 aliphatic rings. The smallest absolute Gasteiger partial charge is 0.423 e. The van der Waals surface area contributed by atoms with Crippen LogP contribution in [0.15, 0.2) is 61.1 Å². The highest BCUT2D eigenvalue weighted by molar-refractivity contribution is 6.01. The van der Waals surface area contributed by atoms with E-state index in [-0.39, 0.29) is 12.3 Å². The van der Waals surface area contributed by atoms with Gasteiger partial charge in [0.2, 0.25) is 5.60 Å². The van der Waals surface area contributed by atoms with Gasteiger partial charge in [-0.2, -0.15) is 13.2 Å². The highest BCUT2D eigenvalue weighted by atomic mass is 19.4. The summed E-state index contributed by atoms with van der Waals surface area (Å²) in [7, 11) is 1.58. The number of hydrogen-bond donors (Lipinski definition) is 1. The number of nitrogens with zero attached hydrogens (tertiary/aromatic N) is 3. The van der Waals surface area contributed by atoms with Crippen molar-refractivity contribution in [2.45, 2.75) is 38.6 Å². The van der Waals surface area contributed by atoms with E-state index in [1.165, 1.54) is 30.9 Å². The Morgan fingerprint density at radius 2 is 1.83 bits per heavy atom. The van der Waals surface area contributed by atoms with E-state index in [1.54, 1.807) is 19.2 Å². The van der Waals surface area contributed by atoms with E-state index in [0.717, 1.165) is 22.1 Å². The average Bonchev–Trinajstić information content (AvgIpc) is 3.30.